The molecule has 1 aromatic carbocycles. The number of aliphatic imine (C=N–C) groups is 1. The number of para-hydroxylation sites is 1. The lowest BCUT2D eigenvalue weighted by molar-refractivity contribution is -0.141. The Balaban J connectivity index is 1.87. The summed E-state index contributed by atoms with van der Waals surface area (Å²) in [6.07, 6.45) is -4.39. The molecule has 2 heterocycles. The number of nitrogens with zero attached hydrogens (tertiary/aromatic N) is 2. The zero-order valence-electron chi connectivity index (χ0n) is 13.9. The first-order valence-electron chi connectivity index (χ1n) is 7.94. The summed E-state index contributed by atoms with van der Waals surface area (Å²) in [5.74, 6) is -0.452. The van der Waals surface area contributed by atoms with Gasteiger partial charge in [0.15, 0.2) is 0 Å². The predicted molar refractivity (Wildman–Crippen MR) is 89.1 cm³/mol. The first-order valence-corrected chi connectivity index (χ1v) is 7.94. The normalized spacial score (nSPS) is 18.4. The van der Waals surface area contributed by atoms with Crippen LogP contribution in [0.5, 0.6) is 5.75 Å². The Bertz CT molecular complexity index is 835. The summed E-state index contributed by atoms with van der Waals surface area (Å²) < 4.78 is 44.6. The van der Waals surface area contributed by atoms with Gasteiger partial charge in [-0.3, -0.25) is 9.79 Å². The molecule has 2 aromatic rings. The van der Waals surface area contributed by atoms with Crippen LogP contribution in [0.3, 0.4) is 0 Å². The van der Waals surface area contributed by atoms with Crippen molar-refractivity contribution in [1.82, 2.24) is 10.3 Å². The van der Waals surface area contributed by atoms with Crippen LogP contribution in [0, 0.1) is 0 Å². The van der Waals surface area contributed by atoms with Crippen molar-refractivity contribution in [2.75, 3.05) is 13.7 Å². The molecule has 1 amide bonds. The maximum Gasteiger partial charge on any atom is 0.433 e. The molecule has 3 rings (SSSR count). The molecule has 1 atom stereocenters. The van der Waals surface area contributed by atoms with Gasteiger partial charge in [0.05, 0.1) is 18.2 Å². The third kappa shape index (κ3) is 3.68. The molecule has 1 N–H and O–H groups in total. The van der Waals surface area contributed by atoms with Crippen molar-refractivity contribution in [2.45, 2.75) is 18.5 Å². The number of hydrogen-bond donors (Lipinski definition) is 1. The van der Waals surface area contributed by atoms with Gasteiger partial charge in [-0.15, -0.1) is 0 Å². The van der Waals surface area contributed by atoms with E-state index in [0.29, 0.717) is 11.3 Å². The summed E-state index contributed by atoms with van der Waals surface area (Å²) >= 11 is 0. The number of aromatic nitrogens is 1. The van der Waals surface area contributed by atoms with E-state index in [1.807, 2.05) is 6.07 Å². The lowest BCUT2D eigenvalue weighted by atomic mass is 9.91. The number of amidine groups is 1. The van der Waals surface area contributed by atoms with Gasteiger partial charge >= 0.3 is 6.18 Å². The average molecular weight is 363 g/mol. The quantitative estimate of drug-likeness (QED) is 0.908. The number of carbonyl (C=O) groups is 1. The van der Waals surface area contributed by atoms with Gasteiger partial charge in [-0.25, -0.2) is 4.98 Å². The van der Waals surface area contributed by atoms with Crippen molar-refractivity contribution in [3.05, 3.63) is 59.4 Å². The number of rotatable bonds is 4. The van der Waals surface area contributed by atoms with Gasteiger partial charge in [0.2, 0.25) is 5.91 Å². The van der Waals surface area contributed by atoms with Gasteiger partial charge in [-0.1, -0.05) is 18.2 Å². The number of fused-ring (bicyclic) bond motifs is 1. The molecule has 0 bridgehead atoms. The van der Waals surface area contributed by atoms with E-state index in [2.05, 4.69) is 15.3 Å². The first-order chi connectivity index (χ1) is 12.4. The van der Waals surface area contributed by atoms with Crippen LogP contribution in [0.25, 0.3) is 0 Å². The fourth-order valence-electron chi connectivity index (χ4n) is 2.75. The average Bonchev–Trinajstić information content (AvgIpc) is 2.62. The second-order valence-corrected chi connectivity index (χ2v) is 5.69. The van der Waals surface area contributed by atoms with E-state index in [1.54, 1.807) is 24.3 Å². The van der Waals surface area contributed by atoms with Crippen molar-refractivity contribution in [3.8, 4) is 5.75 Å². The minimum absolute atomic E-state index is 0.0702. The molecule has 0 radical (unpaired) electrons. The zero-order valence-corrected chi connectivity index (χ0v) is 13.9. The molecular weight excluding hydrogens is 347 g/mol. The van der Waals surface area contributed by atoms with Crippen LogP contribution in [0.2, 0.25) is 0 Å². The highest BCUT2D eigenvalue weighted by molar-refractivity contribution is 6.13. The molecule has 1 unspecified atom stereocenters. The van der Waals surface area contributed by atoms with E-state index >= 15 is 0 Å². The van der Waals surface area contributed by atoms with Crippen LogP contribution in [-0.2, 0) is 11.0 Å². The monoisotopic (exact) mass is 363 g/mol. The SMILES string of the molecule is CN=C1NC(=O)C(CCOc2ccccc2)c2nc(C(F)(F)F)ccc21. The maximum absolute atomic E-state index is 13.0. The second-order valence-electron chi connectivity index (χ2n) is 5.69. The van der Waals surface area contributed by atoms with E-state index in [-0.39, 0.29) is 24.6 Å². The molecule has 1 aromatic heterocycles. The predicted octanol–water partition coefficient (Wildman–Crippen LogP) is 3.16. The second kappa shape index (κ2) is 7.15. The minimum atomic E-state index is -4.59. The Kier molecular flexibility index (Phi) is 4.92. The molecule has 5 nitrogen and oxygen atoms in total. The Hall–Kier alpha value is -2.90. The molecule has 26 heavy (non-hydrogen) atoms. The Morgan fingerprint density at radius 1 is 1.19 bits per heavy atom. The summed E-state index contributed by atoms with van der Waals surface area (Å²) in [6, 6.07) is 11.1. The summed E-state index contributed by atoms with van der Waals surface area (Å²) in [5.41, 5.74) is -0.568. The van der Waals surface area contributed by atoms with Gasteiger partial charge in [0, 0.05) is 12.6 Å². The van der Waals surface area contributed by atoms with Crippen LogP contribution >= 0.6 is 0 Å². The number of carbonyl (C=O) groups excluding carboxylic acids is 1. The number of hydrogen-bond acceptors (Lipinski definition) is 4. The van der Waals surface area contributed by atoms with Crippen LogP contribution in [-0.4, -0.2) is 30.4 Å². The number of pyridine rings is 1. The number of benzene rings is 1. The molecule has 0 saturated heterocycles. The summed E-state index contributed by atoms with van der Waals surface area (Å²) in [6.45, 7) is 0.165. The van der Waals surface area contributed by atoms with Crippen molar-refractivity contribution in [2.24, 2.45) is 4.99 Å². The Labute approximate surface area is 147 Å². The van der Waals surface area contributed by atoms with Gasteiger partial charge in [-0.05, 0) is 30.7 Å². The number of ether oxygens (including phenoxy) is 1. The van der Waals surface area contributed by atoms with E-state index in [4.69, 9.17) is 4.74 Å². The summed E-state index contributed by atoms with van der Waals surface area (Å²) in [7, 11) is 1.45. The largest absolute Gasteiger partial charge is 0.494 e. The molecular formula is C18H16F3N3O2. The lowest BCUT2D eigenvalue weighted by Gasteiger charge is -2.26. The summed E-state index contributed by atoms with van der Waals surface area (Å²) in [4.78, 5) is 20.0. The molecule has 8 heteroatoms. The number of nitrogens with one attached hydrogen (secondary N) is 1. The van der Waals surface area contributed by atoms with Crippen LogP contribution in [0.15, 0.2) is 47.5 Å². The third-order valence-corrected chi connectivity index (χ3v) is 4.00. The Morgan fingerprint density at radius 2 is 1.92 bits per heavy atom. The first kappa shape index (κ1) is 17.9. The standard InChI is InChI=1S/C18H16F3N3O2/c1-22-16-12-7-8-14(18(19,20)21)23-15(12)13(17(25)24-16)9-10-26-11-5-3-2-4-6-11/h2-8,13H,9-10H2,1H3,(H,22,24,25). The van der Waals surface area contributed by atoms with Crippen LogP contribution < -0.4 is 10.1 Å². The van der Waals surface area contributed by atoms with Crippen LogP contribution in [0.4, 0.5) is 13.2 Å². The Morgan fingerprint density at radius 3 is 2.58 bits per heavy atom. The number of alkyl halides is 3. The zero-order chi connectivity index (χ0) is 18.7. The smallest absolute Gasteiger partial charge is 0.433 e. The molecule has 1 aliphatic heterocycles. The van der Waals surface area contributed by atoms with Crippen molar-refractivity contribution >= 4 is 11.7 Å². The fraction of sp³-hybridized carbons (Fsp3) is 0.278. The van der Waals surface area contributed by atoms with E-state index in [9.17, 15) is 18.0 Å². The van der Waals surface area contributed by atoms with E-state index in [0.717, 1.165) is 6.07 Å². The van der Waals surface area contributed by atoms with Gasteiger partial charge in [-0.2, -0.15) is 13.2 Å². The van der Waals surface area contributed by atoms with Gasteiger partial charge in [0.1, 0.15) is 17.3 Å². The van der Waals surface area contributed by atoms with Gasteiger partial charge in [0.25, 0.3) is 0 Å². The van der Waals surface area contributed by atoms with Crippen molar-refractivity contribution in [1.29, 1.82) is 0 Å². The molecule has 1 aliphatic rings. The lowest BCUT2D eigenvalue weighted by Crippen LogP contribution is -2.42. The highest BCUT2D eigenvalue weighted by Gasteiger charge is 2.37. The number of amides is 1. The minimum Gasteiger partial charge on any atom is -0.494 e. The third-order valence-electron chi connectivity index (χ3n) is 4.00. The van der Waals surface area contributed by atoms with E-state index in [1.165, 1.54) is 13.1 Å². The molecule has 0 saturated carbocycles. The number of halogens is 3. The topological polar surface area (TPSA) is 63.6 Å². The van der Waals surface area contributed by atoms with Crippen LogP contribution in [0.1, 0.15) is 29.3 Å². The fourth-order valence-corrected chi connectivity index (χ4v) is 2.75. The van der Waals surface area contributed by atoms with Gasteiger partial charge < -0.3 is 10.1 Å². The molecule has 136 valence electrons. The van der Waals surface area contributed by atoms with Crippen molar-refractivity contribution in [3.63, 3.8) is 0 Å². The highest BCUT2D eigenvalue weighted by atomic mass is 19.4. The summed E-state index contributed by atoms with van der Waals surface area (Å²) in [5, 5.41) is 2.61. The molecule has 0 spiro atoms. The van der Waals surface area contributed by atoms with Crippen molar-refractivity contribution < 1.29 is 22.7 Å². The molecule has 0 fully saturated rings. The van der Waals surface area contributed by atoms with E-state index < -0.39 is 23.7 Å². The highest BCUT2D eigenvalue weighted by Crippen LogP contribution is 2.32. The molecule has 0 aliphatic carbocycles. The maximum atomic E-state index is 13.0.